The van der Waals surface area contributed by atoms with Crippen LogP contribution in [0.3, 0.4) is 0 Å². The fraction of sp³-hybridized carbons (Fsp3) is 0.115. The maximum Gasteiger partial charge on any atom is 0.329 e. The first-order chi connectivity index (χ1) is 17.2. The van der Waals surface area contributed by atoms with Crippen molar-refractivity contribution in [3.8, 4) is 5.75 Å². The van der Waals surface area contributed by atoms with Crippen molar-refractivity contribution in [2.24, 2.45) is 0 Å². The molecule has 0 atom stereocenters. The highest BCUT2D eigenvalue weighted by Gasteiger charge is 2.35. The topological polar surface area (TPSA) is 87.7 Å². The molecule has 1 aliphatic rings. The highest BCUT2D eigenvalue weighted by Crippen LogP contribution is 2.36. The van der Waals surface area contributed by atoms with Gasteiger partial charge in [-0.3, -0.25) is 9.59 Å². The van der Waals surface area contributed by atoms with Crippen molar-refractivity contribution in [2.45, 2.75) is 13.5 Å². The van der Waals surface area contributed by atoms with E-state index >= 15 is 0 Å². The molecule has 0 aliphatic carbocycles. The van der Waals surface area contributed by atoms with Gasteiger partial charge in [0.15, 0.2) is 0 Å². The zero-order chi connectivity index (χ0) is 25.8. The number of halogens is 3. The second-order valence-corrected chi connectivity index (χ2v) is 9.71. The van der Waals surface area contributed by atoms with Gasteiger partial charge in [0.1, 0.15) is 30.4 Å². The average molecular weight is 617 g/mol. The van der Waals surface area contributed by atoms with E-state index in [2.05, 4.69) is 42.5 Å². The van der Waals surface area contributed by atoms with Gasteiger partial charge in [-0.05, 0) is 80.3 Å². The van der Waals surface area contributed by atoms with E-state index in [1.54, 1.807) is 18.2 Å². The Morgan fingerprint density at radius 1 is 1.08 bits per heavy atom. The Hall–Kier alpha value is -3.50. The number of hydrogen-bond donors (Lipinski definition) is 2. The van der Waals surface area contributed by atoms with Crippen LogP contribution in [-0.2, 0) is 16.2 Å². The Kier molecular flexibility index (Phi) is 7.85. The van der Waals surface area contributed by atoms with E-state index in [1.807, 2.05) is 31.2 Å². The summed E-state index contributed by atoms with van der Waals surface area (Å²) >= 11 is 6.99. The van der Waals surface area contributed by atoms with Crippen molar-refractivity contribution in [3.63, 3.8) is 0 Å². The maximum atomic E-state index is 13.8. The first kappa shape index (κ1) is 25.6. The molecular formula is C26H20Br2FN3O4. The lowest BCUT2D eigenvalue weighted by Crippen LogP contribution is -2.38. The van der Waals surface area contributed by atoms with E-state index in [0.717, 1.165) is 16.0 Å². The van der Waals surface area contributed by atoms with E-state index in [1.165, 1.54) is 24.3 Å². The minimum atomic E-state index is -0.744. The number of aryl methyl sites for hydroxylation is 1. The van der Waals surface area contributed by atoms with Crippen molar-refractivity contribution in [1.82, 2.24) is 10.2 Å². The summed E-state index contributed by atoms with van der Waals surface area (Å²) in [6.07, 6.45) is 1.49. The van der Waals surface area contributed by atoms with E-state index in [-0.39, 0.29) is 11.4 Å². The lowest BCUT2D eigenvalue weighted by atomic mass is 10.1. The van der Waals surface area contributed by atoms with Crippen molar-refractivity contribution in [3.05, 3.63) is 97.8 Å². The van der Waals surface area contributed by atoms with Gasteiger partial charge in [-0.15, -0.1) is 0 Å². The second-order valence-electron chi connectivity index (χ2n) is 8.00. The minimum Gasteiger partial charge on any atom is -0.487 e. The molecule has 0 spiro atoms. The summed E-state index contributed by atoms with van der Waals surface area (Å²) in [6, 6.07) is 16.4. The molecule has 0 aromatic heterocycles. The Labute approximate surface area is 223 Å². The van der Waals surface area contributed by atoms with Gasteiger partial charge in [0.05, 0.1) is 14.6 Å². The van der Waals surface area contributed by atoms with Crippen LogP contribution in [0.1, 0.15) is 16.7 Å². The Morgan fingerprint density at radius 3 is 2.50 bits per heavy atom. The quantitative estimate of drug-likeness (QED) is 0.261. The Morgan fingerprint density at radius 2 is 1.81 bits per heavy atom. The lowest BCUT2D eigenvalue weighted by Gasteiger charge is -2.12. The zero-order valence-corrected chi connectivity index (χ0v) is 22.2. The number of hydrogen-bond acceptors (Lipinski definition) is 4. The zero-order valence-electron chi connectivity index (χ0n) is 19.0. The van der Waals surface area contributed by atoms with Crippen molar-refractivity contribution >= 4 is 61.5 Å². The smallest absolute Gasteiger partial charge is 0.329 e. The second kappa shape index (κ2) is 11.0. The van der Waals surface area contributed by atoms with E-state index < -0.39 is 30.2 Å². The van der Waals surface area contributed by atoms with Crippen molar-refractivity contribution < 1.29 is 23.5 Å². The molecule has 3 aromatic carbocycles. The average Bonchev–Trinajstić information content (AvgIpc) is 3.07. The number of para-hydroxylation sites is 1. The molecule has 3 aromatic rings. The van der Waals surface area contributed by atoms with E-state index in [9.17, 15) is 18.8 Å². The largest absolute Gasteiger partial charge is 0.487 e. The van der Waals surface area contributed by atoms with Crippen LogP contribution >= 0.6 is 31.9 Å². The normalized spacial score (nSPS) is 14.2. The molecule has 7 nitrogen and oxygen atoms in total. The van der Waals surface area contributed by atoms with Crippen LogP contribution in [-0.4, -0.2) is 29.3 Å². The summed E-state index contributed by atoms with van der Waals surface area (Å²) in [5.41, 5.74) is 2.74. The third-order valence-corrected chi connectivity index (χ3v) is 6.39. The summed E-state index contributed by atoms with van der Waals surface area (Å²) in [6.45, 7) is 1.82. The van der Waals surface area contributed by atoms with Crippen LogP contribution in [0.5, 0.6) is 5.75 Å². The van der Waals surface area contributed by atoms with E-state index in [0.29, 0.717) is 26.9 Å². The molecular weight excluding hydrogens is 597 g/mol. The number of amides is 4. The molecule has 10 heteroatoms. The SMILES string of the molecule is Cc1cccc(COc2c(Br)cc(/C=C3/NC(=O)N(CC(=O)Nc4ccccc4F)C3=O)cc2Br)c1. The van der Waals surface area contributed by atoms with Gasteiger partial charge in [-0.1, -0.05) is 42.0 Å². The maximum absolute atomic E-state index is 13.8. The van der Waals surface area contributed by atoms with Gasteiger partial charge < -0.3 is 15.4 Å². The summed E-state index contributed by atoms with van der Waals surface area (Å²) in [5.74, 6) is -1.40. The fourth-order valence-corrected chi connectivity index (χ4v) is 4.99. The van der Waals surface area contributed by atoms with Gasteiger partial charge >= 0.3 is 6.03 Å². The van der Waals surface area contributed by atoms with Gasteiger partial charge in [0.2, 0.25) is 5.91 Å². The number of anilines is 1. The number of benzene rings is 3. The van der Waals surface area contributed by atoms with Crippen LogP contribution in [0.4, 0.5) is 14.9 Å². The van der Waals surface area contributed by atoms with Crippen LogP contribution in [0, 0.1) is 12.7 Å². The van der Waals surface area contributed by atoms with Gasteiger partial charge in [0, 0.05) is 0 Å². The lowest BCUT2D eigenvalue weighted by molar-refractivity contribution is -0.127. The number of nitrogens with one attached hydrogen (secondary N) is 2. The number of carbonyl (C=O) groups is 3. The molecule has 4 rings (SSSR count). The standard InChI is InChI=1S/C26H20Br2FN3O4/c1-15-5-4-6-16(9-15)14-36-24-18(27)10-17(11-19(24)28)12-22-25(34)32(26(35)31-22)13-23(33)30-21-8-3-2-7-20(21)29/h2-12H,13-14H2,1H3,(H,30,33)(H,31,35)/b22-12+. The van der Waals surface area contributed by atoms with Crippen molar-refractivity contribution in [2.75, 3.05) is 11.9 Å². The number of nitrogens with zero attached hydrogens (tertiary/aromatic N) is 1. The molecule has 1 heterocycles. The number of ether oxygens (including phenoxy) is 1. The molecule has 184 valence electrons. The summed E-state index contributed by atoms with van der Waals surface area (Å²) in [4.78, 5) is 38.1. The third kappa shape index (κ3) is 6.00. The minimum absolute atomic E-state index is 0.00548. The molecule has 0 unspecified atom stereocenters. The molecule has 2 N–H and O–H groups in total. The molecule has 4 amide bonds. The Balaban J connectivity index is 1.44. The predicted molar refractivity (Wildman–Crippen MR) is 141 cm³/mol. The van der Waals surface area contributed by atoms with Gasteiger partial charge in [0.25, 0.3) is 5.91 Å². The van der Waals surface area contributed by atoms with E-state index in [4.69, 9.17) is 4.74 Å². The fourth-order valence-electron chi connectivity index (χ4n) is 3.54. The predicted octanol–water partition coefficient (Wildman–Crippen LogP) is 5.77. The molecule has 0 bridgehead atoms. The number of carbonyl (C=O) groups excluding carboxylic acids is 3. The van der Waals surface area contributed by atoms with Crippen molar-refractivity contribution in [1.29, 1.82) is 0 Å². The highest BCUT2D eigenvalue weighted by molar-refractivity contribution is 9.11. The van der Waals surface area contributed by atoms with Gasteiger partial charge in [-0.2, -0.15) is 0 Å². The monoisotopic (exact) mass is 615 g/mol. The number of urea groups is 1. The van der Waals surface area contributed by atoms with Crippen LogP contribution < -0.4 is 15.4 Å². The summed E-state index contributed by atoms with van der Waals surface area (Å²) in [5, 5.41) is 4.83. The molecule has 0 saturated carbocycles. The molecule has 1 fully saturated rings. The summed E-state index contributed by atoms with van der Waals surface area (Å²) in [7, 11) is 0. The Bertz CT molecular complexity index is 1370. The van der Waals surface area contributed by atoms with Crippen LogP contribution in [0.2, 0.25) is 0 Å². The first-order valence-electron chi connectivity index (χ1n) is 10.8. The van der Waals surface area contributed by atoms with Crippen LogP contribution in [0.25, 0.3) is 6.08 Å². The van der Waals surface area contributed by atoms with Crippen LogP contribution in [0.15, 0.2) is 75.3 Å². The molecule has 1 saturated heterocycles. The highest BCUT2D eigenvalue weighted by atomic mass is 79.9. The molecule has 36 heavy (non-hydrogen) atoms. The molecule has 1 aliphatic heterocycles. The summed E-state index contributed by atoms with van der Waals surface area (Å²) < 4.78 is 21.0. The number of imide groups is 1. The number of rotatable bonds is 7. The van der Waals surface area contributed by atoms with Gasteiger partial charge in [-0.25, -0.2) is 14.1 Å². The third-order valence-electron chi connectivity index (χ3n) is 5.21. The first-order valence-corrected chi connectivity index (χ1v) is 12.4. The molecule has 0 radical (unpaired) electrons.